The monoisotopic (exact) mass is 539 g/mol. The van der Waals surface area contributed by atoms with Crippen LogP contribution in [0.25, 0.3) is 0 Å². The van der Waals surface area contributed by atoms with E-state index in [0.29, 0.717) is 33.6 Å². The van der Waals surface area contributed by atoms with Gasteiger partial charge < -0.3 is 15.4 Å². The third-order valence-electron chi connectivity index (χ3n) is 4.95. The summed E-state index contributed by atoms with van der Waals surface area (Å²) in [6.45, 7) is 4.54. The van der Waals surface area contributed by atoms with Gasteiger partial charge >= 0.3 is 0 Å². The van der Waals surface area contributed by atoms with E-state index >= 15 is 0 Å². The van der Waals surface area contributed by atoms with Crippen molar-refractivity contribution in [3.63, 3.8) is 0 Å². The molecule has 3 rings (SSSR count). The maximum absolute atomic E-state index is 12.9. The molecule has 0 radical (unpaired) electrons. The van der Waals surface area contributed by atoms with Gasteiger partial charge in [0.05, 0.1) is 28.4 Å². The van der Waals surface area contributed by atoms with Gasteiger partial charge in [-0.15, -0.1) is 0 Å². The lowest BCUT2D eigenvalue weighted by Gasteiger charge is -2.17. The maximum Gasteiger partial charge on any atom is 0.257 e. The number of benzene rings is 3. The first-order valence-corrected chi connectivity index (χ1v) is 12.1. The first-order valence-electron chi connectivity index (χ1n) is 10.9. The molecule has 0 saturated heterocycles. The summed E-state index contributed by atoms with van der Waals surface area (Å²) in [5, 5.41) is 8.70. The molecule has 0 aliphatic rings. The molecule has 2 amide bonds. The van der Waals surface area contributed by atoms with Crippen molar-refractivity contribution < 1.29 is 14.3 Å². The number of thiocarbonyl (C=S) groups is 1. The van der Waals surface area contributed by atoms with Crippen LogP contribution < -0.4 is 20.7 Å². The standard InChI is InChI=1S/C26H26BrN3O3S/c1-3-15-33-23-14-13-19(16-21(23)27)24(31)30-26(34)29-22-12-8-7-11-20(22)25(32)28-17(2)18-9-5-4-6-10-18/h4-14,16-17H,3,15H2,1-2H3,(H,28,32)(H2,29,30,31,34). The quantitative estimate of drug-likeness (QED) is 0.312. The van der Waals surface area contributed by atoms with Crippen LogP contribution in [0.4, 0.5) is 5.69 Å². The number of anilines is 1. The normalized spacial score (nSPS) is 11.3. The van der Waals surface area contributed by atoms with Gasteiger partial charge in [-0.25, -0.2) is 0 Å². The summed E-state index contributed by atoms with van der Waals surface area (Å²) in [7, 11) is 0. The predicted octanol–water partition coefficient (Wildman–Crippen LogP) is 5.86. The lowest BCUT2D eigenvalue weighted by molar-refractivity contribution is 0.0939. The molecule has 34 heavy (non-hydrogen) atoms. The Morgan fingerprint density at radius 3 is 2.41 bits per heavy atom. The van der Waals surface area contributed by atoms with Crippen molar-refractivity contribution in [3.05, 3.63) is 94.0 Å². The molecule has 6 nitrogen and oxygen atoms in total. The number of carbonyl (C=O) groups excluding carboxylic acids is 2. The van der Waals surface area contributed by atoms with E-state index in [-0.39, 0.29) is 23.0 Å². The van der Waals surface area contributed by atoms with E-state index in [4.69, 9.17) is 17.0 Å². The second-order valence-electron chi connectivity index (χ2n) is 7.55. The van der Waals surface area contributed by atoms with E-state index in [2.05, 4.69) is 31.9 Å². The zero-order valence-electron chi connectivity index (χ0n) is 18.9. The van der Waals surface area contributed by atoms with Gasteiger partial charge in [-0.2, -0.15) is 0 Å². The van der Waals surface area contributed by atoms with Gasteiger partial charge in [0.2, 0.25) is 0 Å². The minimum Gasteiger partial charge on any atom is -0.492 e. The van der Waals surface area contributed by atoms with E-state index in [9.17, 15) is 9.59 Å². The fourth-order valence-corrected chi connectivity index (χ4v) is 3.89. The Labute approximate surface area is 213 Å². The Hall–Kier alpha value is -3.23. The third kappa shape index (κ3) is 6.88. The van der Waals surface area contributed by atoms with Crippen molar-refractivity contribution in [2.24, 2.45) is 0 Å². The molecule has 1 atom stereocenters. The van der Waals surface area contributed by atoms with Crippen LogP contribution in [0.15, 0.2) is 77.3 Å². The molecule has 0 bridgehead atoms. The Bertz CT molecular complexity index is 1170. The SMILES string of the molecule is CCCOc1ccc(C(=O)NC(=S)Nc2ccccc2C(=O)NC(C)c2ccccc2)cc1Br. The summed E-state index contributed by atoms with van der Waals surface area (Å²) < 4.78 is 6.30. The van der Waals surface area contributed by atoms with E-state index in [1.807, 2.05) is 44.2 Å². The highest BCUT2D eigenvalue weighted by molar-refractivity contribution is 9.10. The largest absolute Gasteiger partial charge is 0.492 e. The number of ether oxygens (including phenoxy) is 1. The average molecular weight is 540 g/mol. The molecule has 1 unspecified atom stereocenters. The van der Waals surface area contributed by atoms with Crippen LogP contribution in [0.1, 0.15) is 52.6 Å². The number of amides is 2. The number of nitrogens with one attached hydrogen (secondary N) is 3. The number of halogens is 1. The molecule has 0 aliphatic heterocycles. The molecule has 176 valence electrons. The van der Waals surface area contributed by atoms with E-state index in [1.54, 1.807) is 42.5 Å². The number of para-hydroxylation sites is 1. The van der Waals surface area contributed by atoms with Gasteiger partial charge in [0, 0.05) is 5.56 Å². The molecular weight excluding hydrogens is 514 g/mol. The number of rotatable bonds is 8. The highest BCUT2D eigenvalue weighted by Gasteiger charge is 2.16. The minimum absolute atomic E-state index is 0.0868. The topological polar surface area (TPSA) is 79.5 Å². The summed E-state index contributed by atoms with van der Waals surface area (Å²) in [5.74, 6) is 0.0452. The fourth-order valence-electron chi connectivity index (χ4n) is 3.19. The molecule has 0 heterocycles. The van der Waals surface area contributed by atoms with E-state index in [0.717, 1.165) is 12.0 Å². The Balaban J connectivity index is 1.64. The van der Waals surface area contributed by atoms with Gasteiger partial charge in [0.15, 0.2) is 5.11 Å². The molecule has 3 N–H and O–H groups in total. The maximum atomic E-state index is 12.9. The van der Waals surface area contributed by atoms with Crippen molar-refractivity contribution in [1.29, 1.82) is 0 Å². The van der Waals surface area contributed by atoms with Gasteiger partial charge in [-0.1, -0.05) is 49.4 Å². The molecule has 0 spiro atoms. The molecule has 0 saturated carbocycles. The molecule has 0 fully saturated rings. The number of hydrogen-bond acceptors (Lipinski definition) is 4. The molecule has 3 aromatic carbocycles. The van der Waals surface area contributed by atoms with Crippen LogP contribution in [0, 0.1) is 0 Å². The van der Waals surface area contributed by atoms with E-state index < -0.39 is 0 Å². The molecular formula is C26H26BrN3O3S. The predicted molar refractivity (Wildman–Crippen MR) is 142 cm³/mol. The second kappa shape index (κ2) is 12.3. The van der Waals surface area contributed by atoms with Crippen molar-refractivity contribution >= 4 is 50.8 Å². The van der Waals surface area contributed by atoms with Crippen molar-refractivity contribution in [2.75, 3.05) is 11.9 Å². The van der Waals surface area contributed by atoms with E-state index in [1.165, 1.54) is 0 Å². The summed E-state index contributed by atoms with van der Waals surface area (Å²) >= 11 is 8.76. The zero-order valence-corrected chi connectivity index (χ0v) is 21.3. The molecule has 0 aliphatic carbocycles. The van der Waals surface area contributed by atoms with Gasteiger partial charge in [-0.05, 0) is 77.4 Å². The lowest BCUT2D eigenvalue weighted by atomic mass is 10.1. The van der Waals surface area contributed by atoms with Crippen LogP contribution >= 0.6 is 28.1 Å². The van der Waals surface area contributed by atoms with Gasteiger partial charge in [0.1, 0.15) is 5.75 Å². The summed E-state index contributed by atoms with van der Waals surface area (Å²) in [4.78, 5) is 25.6. The first-order chi connectivity index (χ1) is 16.4. The second-order valence-corrected chi connectivity index (χ2v) is 8.82. The first kappa shape index (κ1) is 25.4. The number of carbonyl (C=O) groups is 2. The highest BCUT2D eigenvalue weighted by atomic mass is 79.9. The van der Waals surface area contributed by atoms with Crippen molar-refractivity contribution in [1.82, 2.24) is 10.6 Å². The Kier molecular flexibility index (Phi) is 9.18. The van der Waals surface area contributed by atoms with Crippen LogP contribution in [-0.2, 0) is 0 Å². The lowest BCUT2D eigenvalue weighted by Crippen LogP contribution is -2.35. The minimum atomic E-state index is -0.375. The number of hydrogen-bond donors (Lipinski definition) is 3. The Morgan fingerprint density at radius 2 is 1.71 bits per heavy atom. The average Bonchev–Trinajstić information content (AvgIpc) is 2.84. The summed E-state index contributed by atoms with van der Waals surface area (Å²) in [6, 6.07) is 21.6. The van der Waals surface area contributed by atoms with Crippen LogP contribution in [0.5, 0.6) is 5.75 Å². The molecule has 8 heteroatoms. The van der Waals surface area contributed by atoms with Gasteiger partial charge in [-0.3, -0.25) is 14.9 Å². The van der Waals surface area contributed by atoms with Crippen molar-refractivity contribution in [2.45, 2.75) is 26.3 Å². The Morgan fingerprint density at radius 1 is 1.00 bits per heavy atom. The van der Waals surface area contributed by atoms with Crippen LogP contribution in [0.2, 0.25) is 0 Å². The highest BCUT2D eigenvalue weighted by Crippen LogP contribution is 2.26. The summed E-state index contributed by atoms with van der Waals surface area (Å²) in [6.07, 6.45) is 0.888. The molecule has 3 aromatic rings. The summed E-state index contributed by atoms with van der Waals surface area (Å²) in [5.41, 5.74) is 2.33. The zero-order chi connectivity index (χ0) is 24.5. The smallest absolute Gasteiger partial charge is 0.257 e. The third-order valence-corrected chi connectivity index (χ3v) is 5.77. The van der Waals surface area contributed by atoms with Gasteiger partial charge in [0.25, 0.3) is 11.8 Å². The fraction of sp³-hybridized carbons (Fsp3) is 0.192. The van der Waals surface area contributed by atoms with Crippen LogP contribution in [-0.4, -0.2) is 23.5 Å². The van der Waals surface area contributed by atoms with Crippen LogP contribution in [0.3, 0.4) is 0 Å². The van der Waals surface area contributed by atoms with Crippen molar-refractivity contribution in [3.8, 4) is 5.75 Å². The molecule has 0 aromatic heterocycles.